The number of hydrogen-bond acceptors (Lipinski definition) is 4. The van der Waals surface area contributed by atoms with Gasteiger partial charge >= 0.3 is 5.97 Å². The molecule has 2 atom stereocenters. The maximum absolute atomic E-state index is 11.9. The highest BCUT2D eigenvalue weighted by Crippen LogP contribution is 2.17. The third kappa shape index (κ3) is 4.68. The van der Waals surface area contributed by atoms with E-state index in [0.29, 0.717) is 11.6 Å². The number of esters is 1. The molecule has 3 N–H and O–H groups in total. The summed E-state index contributed by atoms with van der Waals surface area (Å²) in [6, 6.07) is 6.25. The zero-order valence-corrected chi connectivity index (χ0v) is 13.5. The lowest BCUT2D eigenvalue weighted by molar-refractivity contribution is 0.0600. The molecule has 0 amide bonds. The minimum Gasteiger partial charge on any atom is -0.465 e. The first kappa shape index (κ1) is 16.7. The monoisotopic (exact) mass is 302 g/mol. The number of hydrogen-bond donors (Lipinski definition) is 2. The Bertz CT molecular complexity index is 540. The zero-order valence-electron chi connectivity index (χ0n) is 13.5. The molecule has 0 aromatic heterocycles. The topological polar surface area (TPSA) is 64.3 Å². The highest BCUT2D eigenvalue weighted by molar-refractivity contribution is 5.93. The third-order valence-electron chi connectivity index (χ3n) is 4.10. The van der Waals surface area contributed by atoms with Gasteiger partial charge in [0.25, 0.3) is 0 Å². The molecule has 0 aliphatic carbocycles. The molecule has 0 saturated carbocycles. The van der Waals surface area contributed by atoms with E-state index in [1.165, 1.54) is 20.0 Å². The van der Waals surface area contributed by atoms with Crippen molar-refractivity contribution in [1.29, 1.82) is 0 Å². The van der Waals surface area contributed by atoms with E-state index >= 15 is 0 Å². The molecule has 0 spiro atoms. The maximum atomic E-state index is 11.9. The van der Waals surface area contributed by atoms with Crippen LogP contribution in [0.4, 0.5) is 0 Å². The highest BCUT2D eigenvalue weighted by atomic mass is 16.5. The largest absolute Gasteiger partial charge is 0.465 e. The molecule has 4 heteroatoms. The first-order valence-electron chi connectivity index (χ1n) is 7.97. The van der Waals surface area contributed by atoms with Gasteiger partial charge in [0.15, 0.2) is 0 Å². The molecule has 0 bridgehead atoms. The van der Waals surface area contributed by atoms with Crippen molar-refractivity contribution in [3.05, 3.63) is 41.0 Å². The maximum Gasteiger partial charge on any atom is 0.338 e. The van der Waals surface area contributed by atoms with Crippen molar-refractivity contribution in [3.63, 3.8) is 0 Å². The summed E-state index contributed by atoms with van der Waals surface area (Å²) in [5.41, 5.74) is 8.57. The SMILES string of the molecule is COC(=O)c1cc(C)ccc1/C=C/CC1CCCCC(N)N1. The minimum atomic E-state index is -0.294. The van der Waals surface area contributed by atoms with Crippen molar-refractivity contribution < 1.29 is 9.53 Å². The van der Waals surface area contributed by atoms with Crippen LogP contribution in [0.3, 0.4) is 0 Å². The number of nitrogens with two attached hydrogens (primary N) is 1. The molecule has 1 fully saturated rings. The van der Waals surface area contributed by atoms with Gasteiger partial charge in [-0.2, -0.15) is 0 Å². The number of carbonyl (C=O) groups is 1. The van der Waals surface area contributed by atoms with Crippen molar-refractivity contribution in [3.8, 4) is 0 Å². The Kier molecular flexibility index (Phi) is 6.16. The number of benzene rings is 1. The van der Waals surface area contributed by atoms with Gasteiger partial charge in [0.2, 0.25) is 0 Å². The highest BCUT2D eigenvalue weighted by Gasteiger charge is 2.15. The molecule has 2 rings (SSSR count). The molecule has 1 aliphatic rings. The van der Waals surface area contributed by atoms with Gasteiger partial charge < -0.3 is 10.5 Å². The third-order valence-corrected chi connectivity index (χ3v) is 4.10. The van der Waals surface area contributed by atoms with Gasteiger partial charge in [-0.15, -0.1) is 0 Å². The van der Waals surface area contributed by atoms with Crippen molar-refractivity contribution in [1.82, 2.24) is 5.32 Å². The van der Waals surface area contributed by atoms with Crippen molar-refractivity contribution in [2.45, 2.75) is 51.2 Å². The summed E-state index contributed by atoms with van der Waals surface area (Å²) in [7, 11) is 1.41. The van der Waals surface area contributed by atoms with Crippen LogP contribution in [0, 0.1) is 6.92 Å². The van der Waals surface area contributed by atoms with E-state index in [1.54, 1.807) is 0 Å². The number of carbonyl (C=O) groups excluding carboxylic acids is 1. The summed E-state index contributed by atoms with van der Waals surface area (Å²) < 4.78 is 4.86. The van der Waals surface area contributed by atoms with E-state index in [2.05, 4.69) is 11.4 Å². The van der Waals surface area contributed by atoms with Gasteiger partial charge in [0, 0.05) is 6.04 Å². The van der Waals surface area contributed by atoms with Crippen LogP contribution >= 0.6 is 0 Å². The summed E-state index contributed by atoms with van der Waals surface area (Å²) >= 11 is 0. The minimum absolute atomic E-state index is 0.103. The first-order chi connectivity index (χ1) is 10.6. The van der Waals surface area contributed by atoms with Gasteiger partial charge in [-0.05, 0) is 37.8 Å². The number of methoxy groups -OCH3 is 1. The van der Waals surface area contributed by atoms with Crippen LogP contribution < -0.4 is 11.1 Å². The molecule has 1 aliphatic heterocycles. The number of rotatable bonds is 4. The van der Waals surface area contributed by atoms with Crippen LogP contribution in [0.5, 0.6) is 0 Å². The predicted octanol–water partition coefficient (Wildman–Crippen LogP) is 3.00. The van der Waals surface area contributed by atoms with E-state index in [4.69, 9.17) is 10.5 Å². The van der Waals surface area contributed by atoms with Crippen molar-refractivity contribution in [2.24, 2.45) is 5.73 Å². The van der Waals surface area contributed by atoms with E-state index in [9.17, 15) is 4.79 Å². The fraction of sp³-hybridized carbons (Fsp3) is 0.500. The number of nitrogens with one attached hydrogen (secondary N) is 1. The van der Waals surface area contributed by atoms with E-state index in [1.807, 2.05) is 31.2 Å². The molecular formula is C18H26N2O2. The molecule has 22 heavy (non-hydrogen) atoms. The van der Waals surface area contributed by atoms with Crippen LogP contribution in [0.2, 0.25) is 0 Å². The average molecular weight is 302 g/mol. The van der Waals surface area contributed by atoms with Gasteiger partial charge in [-0.25, -0.2) is 4.79 Å². The lowest BCUT2D eigenvalue weighted by atomic mass is 10.0. The van der Waals surface area contributed by atoms with E-state index < -0.39 is 0 Å². The standard InChI is InChI=1S/C18H26N2O2/c1-13-10-11-14(16(12-13)18(21)22-2)6-5-8-15-7-3-4-9-17(19)20-15/h5-6,10-12,15,17,20H,3-4,7-9,19H2,1-2H3/b6-5+. The second kappa shape index (κ2) is 8.11. The van der Waals surface area contributed by atoms with Crippen LogP contribution in [-0.4, -0.2) is 25.3 Å². The molecular weight excluding hydrogens is 276 g/mol. The van der Waals surface area contributed by atoms with E-state index in [0.717, 1.165) is 30.4 Å². The summed E-state index contributed by atoms with van der Waals surface area (Å²) in [5, 5.41) is 3.46. The Morgan fingerprint density at radius 3 is 2.95 bits per heavy atom. The van der Waals surface area contributed by atoms with Gasteiger partial charge in [-0.1, -0.05) is 42.7 Å². The average Bonchev–Trinajstić information content (AvgIpc) is 2.72. The van der Waals surface area contributed by atoms with Crippen molar-refractivity contribution >= 4 is 12.0 Å². The lowest BCUT2D eigenvalue weighted by Crippen LogP contribution is -2.42. The smallest absolute Gasteiger partial charge is 0.338 e. The fourth-order valence-corrected chi connectivity index (χ4v) is 2.87. The molecule has 1 heterocycles. The molecule has 120 valence electrons. The van der Waals surface area contributed by atoms with Crippen LogP contribution in [-0.2, 0) is 4.74 Å². The predicted molar refractivity (Wildman–Crippen MR) is 89.5 cm³/mol. The Balaban J connectivity index is 2.04. The molecule has 4 nitrogen and oxygen atoms in total. The lowest BCUT2D eigenvalue weighted by Gasteiger charge is -2.17. The van der Waals surface area contributed by atoms with E-state index in [-0.39, 0.29) is 12.1 Å². The Hall–Kier alpha value is -1.65. The van der Waals surface area contributed by atoms with Gasteiger partial charge in [0.1, 0.15) is 0 Å². The summed E-state index contributed by atoms with van der Waals surface area (Å²) in [6.07, 6.45) is 9.75. The number of ether oxygens (including phenoxy) is 1. The first-order valence-corrected chi connectivity index (χ1v) is 7.97. The zero-order chi connectivity index (χ0) is 15.9. The Labute approximate surface area is 132 Å². The summed E-state index contributed by atoms with van der Waals surface area (Å²) in [4.78, 5) is 11.9. The fourth-order valence-electron chi connectivity index (χ4n) is 2.87. The van der Waals surface area contributed by atoms with Crippen LogP contribution in [0.15, 0.2) is 24.3 Å². The van der Waals surface area contributed by atoms with Gasteiger partial charge in [-0.3, -0.25) is 5.32 Å². The quantitative estimate of drug-likeness (QED) is 0.839. The van der Waals surface area contributed by atoms with Gasteiger partial charge in [0.05, 0.1) is 18.8 Å². The molecule has 0 radical (unpaired) electrons. The van der Waals surface area contributed by atoms with Crippen LogP contribution in [0.1, 0.15) is 53.6 Å². The molecule has 1 aromatic carbocycles. The molecule has 1 saturated heterocycles. The Morgan fingerprint density at radius 1 is 1.41 bits per heavy atom. The second-order valence-electron chi connectivity index (χ2n) is 5.97. The second-order valence-corrected chi connectivity index (χ2v) is 5.97. The summed E-state index contributed by atoms with van der Waals surface area (Å²) in [5.74, 6) is -0.294. The summed E-state index contributed by atoms with van der Waals surface area (Å²) in [6.45, 7) is 1.97. The molecule has 1 aromatic rings. The number of aryl methyl sites for hydroxylation is 1. The Morgan fingerprint density at radius 2 is 2.18 bits per heavy atom. The van der Waals surface area contributed by atoms with Crippen LogP contribution in [0.25, 0.3) is 6.08 Å². The normalized spacial score (nSPS) is 22.5. The van der Waals surface area contributed by atoms with Crippen molar-refractivity contribution in [2.75, 3.05) is 7.11 Å². The molecule has 2 unspecified atom stereocenters.